The molecule has 2 heterocycles. The number of aliphatic hydroxyl groups excluding tert-OH is 1. The summed E-state index contributed by atoms with van der Waals surface area (Å²) in [6, 6.07) is 15.4. The Bertz CT molecular complexity index is 1460. The number of piperazine rings is 1. The summed E-state index contributed by atoms with van der Waals surface area (Å²) >= 11 is 12.2. The first-order valence-electron chi connectivity index (χ1n) is 12.7. The van der Waals surface area contributed by atoms with Gasteiger partial charge >= 0.3 is 0 Å². The van der Waals surface area contributed by atoms with Crippen molar-refractivity contribution in [3.8, 4) is 11.1 Å². The van der Waals surface area contributed by atoms with E-state index < -0.39 is 5.91 Å². The molecule has 0 bridgehead atoms. The quantitative estimate of drug-likeness (QED) is 0.214. The summed E-state index contributed by atoms with van der Waals surface area (Å²) < 4.78 is 5.16. The fourth-order valence-electron chi connectivity index (χ4n) is 4.60. The lowest BCUT2D eigenvalue weighted by molar-refractivity contribution is -0.119. The standard InChI is InChI=1S/C20H14Cl2N2O.C9H18N2O3/c1-10-2-5-18-13(6-10)14-7-12(8-15(20(23)25)19(14)24-18)11-3-4-16(21)17(22)9-11;12-6-8-14-7-5-10-1-3-11(9-13)4-2-10/h2-9,24H,1H3,(H2,23,25);9,12H,1-8H2. The summed E-state index contributed by atoms with van der Waals surface area (Å²) in [6.07, 6.45) is 0.902. The van der Waals surface area contributed by atoms with E-state index in [1.807, 2.05) is 31.2 Å². The van der Waals surface area contributed by atoms with E-state index in [0.29, 0.717) is 28.8 Å². The molecule has 1 fully saturated rings. The molecule has 0 atom stereocenters. The van der Waals surface area contributed by atoms with Crippen LogP contribution in [0, 0.1) is 6.92 Å². The maximum Gasteiger partial charge on any atom is 0.250 e. The van der Waals surface area contributed by atoms with Crippen LogP contribution in [0.4, 0.5) is 0 Å². The minimum absolute atomic E-state index is 0.0823. The summed E-state index contributed by atoms with van der Waals surface area (Å²) in [4.78, 5) is 29.8. The molecule has 8 nitrogen and oxygen atoms in total. The number of nitrogens with one attached hydrogen (secondary N) is 1. The zero-order valence-electron chi connectivity index (χ0n) is 21.8. The highest BCUT2D eigenvalue weighted by Crippen LogP contribution is 2.35. The van der Waals surface area contributed by atoms with Gasteiger partial charge < -0.3 is 25.5 Å². The fraction of sp³-hybridized carbons (Fsp3) is 0.310. The second-order valence-corrected chi connectivity index (χ2v) is 10.2. The fourth-order valence-corrected chi connectivity index (χ4v) is 4.90. The lowest BCUT2D eigenvalue weighted by Crippen LogP contribution is -2.46. The van der Waals surface area contributed by atoms with Crippen molar-refractivity contribution in [1.29, 1.82) is 0 Å². The monoisotopic (exact) mass is 570 g/mol. The maximum absolute atomic E-state index is 12.0. The molecule has 4 N–H and O–H groups in total. The van der Waals surface area contributed by atoms with Crippen LogP contribution in [-0.4, -0.2) is 84.8 Å². The van der Waals surface area contributed by atoms with Crippen molar-refractivity contribution in [2.75, 3.05) is 52.5 Å². The number of hydrogen-bond acceptors (Lipinski definition) is 5. The predicted octanol–water partition coefficient (Wildman–Crippen LogP) is 4.47. The van der Waals surface area contributed by atoms with Gasteiger partial charge in [0.1, 0.15) is 0 Å². The van der Waals surface area contributed by atoms with Crippen LogP contribution < -0.4 is 5.73 Å². The number of rotatable bonds is 8. The number of aromatic amines is 1. The van der Waals surface area contributed by atoms with Crippen LogP contribution in [0.2, 0.25) is 10.0 Å². The normalized spacial score (nSPS) is 13.9. The minimum atomic E-state index is -0.477. The maximum atomic E-state index is 12.0. The van der Waals surface area contributed by atoms with E-state index in [-0.39, 0.29) is 6.61 Å². The van der Waals surface area contributed by atoms with Crippen LogP contribution in [0.15, 0.2) is 48.5 Å². The SMILES string of the molecule is Cc1ccc2[nH]c3c(C(N)=O)cc(-c4ccc(Cl)c(Cl)c4)cc3c2c1.O=CN1CCN(CCOCCO)CC1. The van der Waals surface area contributed by atoms with Gasteiger partial charge in [-0.15, -0.1) is 0 Å². The van der Waals surface area contributed by atoms with Crippen LogP contribution in [0.1, 0.15) is 15.9 Å². The molecule has 1 saturated heterocycles. The number of halogens is 2. The molecule has 0 unspecified atom stereocenters. The van der Waals surface area contributed by atoms with Crippen LogP contribution in [0.3, 0.4) is 0 Å². The number of hydrogen-bond donors (Lipinski definition) is 3. The zero-order chi connectivity index (χ0) is 27.9. The Balaban J connectivity index is 0.000000215. The summed E-state index contributed by atoms with van der Waals surface area (Å²) in [5, 5.41) is 11.5. The molecule has 39 heavy (non-hydrogen) atoms. The van der Waals surface area contributed by atoms with Gasteiger partial charge in [-0.25, -0.2) is 0 Å². The van der Waals surface area contributed by atoms with Gasteiger partial charge in [0.2, 0.25) is 6.41 Å². The van der Waals surface area contributed by atoms with Crippen molar-refractivity contribution in [2.45, 2.75) is 6.92 Å². The number of H-pyrrole nitrogens is 1. The number of nitrogens with zero attached hydrogens (tertiary/aromatic N) is 2. The van der Waals surface area contributed by atoms with Gasteiger partial charge in [0.05, 0.1) is 40.9 Å². The molecular weight excluding hydrogens is 539 g/mol. The number of carbonyl (C=O) groups is 2. The van der Waals surface area contributed by atoms with E-state index >= 15 is 0 Å². The second kappa shape index (κ2) is 13.3. The lowest BCUT2D eigenvalue weighted by Gasteiger charge is -2.32. The Kier molecular flexibility index (Phi) is 9.83. The van der Waals surface area contributed by atoms with Gasteiger partial charge in [-0.1, -0.05) is 40.9 Å². The Hall–Kier alpha value is -3.14. The third-order valence-corrected chi connectivity index (χ3v) is 7.46. The van der Waals surface area contributed by atoms with Crippen LogP contribution in [0.25, 0.3) is 32.9 Å². The van der Waals surface area contributed by atoms with Gasteiger partial charge in [0.25, 0.3) is 5.91 Å². The number of benzene rings is 3. The smallest absolute Gasteiger partial charge is 0.250 e. The number of nitrogens with two attached hydrogens (primary N) is 1. The largest absolute Gasteiger partial charge is 0.394 e. The van der Waals surface area contributed by atoms with Crippen LogP contribution in [0.5, 0.6) is 0 Å². The number of aryl methyl sites for hydroxylation is 1. The Labute approximate surface area is 237 Å². The van der Waals surface area contributed by atoms with Gasteiger partial charge in [0.15, 0.2) is 0 Å². The van der Waals surface area contributed by atoms with E-state index in [1.54, 1.807) is 23.1 Å². The first kappa shape index (κ1) is 28.9. The molecular formula is C29H32Cl2N4O4. The van der Waals surface area contributed by atoms with Gasteiger partial charge in [-0.2, -0.15) is 0 Å². The highest BCUT2D eigenvalue weighted by atomic mass is 35.5. The molecule has 0 radical (unpaired) electrons. The van der Waals surface area contributed by atoms with E-state index in [0.717, 1.165) is 77.6 Å². The number of fused-ring (bicyclic) bond motifs is 3. The van der Waals surface area contributed by atoms with Crippen molar-refractivity contribution in [3.05, 3.63) is 69.7 Å². The molecule has 0 aliphatic carbocycles. The molecule has 1 aromatic heterocycles. The van der Waals surface area contributed by atoms with Crippen molar-refractivity contribution < 1.29 is 19.4 Å². The Morgan fingerprint density at radius 3 is 2.44 bits per heavy atom. The van der Waals surface area contributed by atoms with Crippen molar-refractivity contribution >= 4 is 57.3 Å². The first-order valence-corrected chi connectivity index (χ1v) is 13.5. The topological polar surface area (TPSA) is 112 Å². The summed E-state index contributed by atoms with van der Waals surface area (Å²) in [5.41, 5.74) is 10.7. The zero-order valence-corrected chi connectivity index (χ0v) is 23.3. The first-order chi connectivity index (χ1) is 18.8. The van der Waals surface area contributed by atoms with Gasteiger partial charge in [-0.3, -0.25) is 14.5 Å². The third kappa shape index (κ3) is 7.09. The highest BCUT2D eigenvalue weighted by molar-refractivity contribution is 6.42. The number of ether oxygens (including phenoxy) is 1. The highest BCUT2D eigenvalue weighted by Gasteiger charge is 2.16. The van der Waals surface area contributed by atoms with Crippen molar-refractivity contribution in [1.82, 2.24) is 14.8 Å². The number of primary amides is 1. The Morgan fingerprint density at radius 1 is 1.00 bits per heavy atom. The van der Waals surface area contributed by atoms with Gasteiger partial charge in [-0.05, 0) is 54.4 Å². The van der Waals surface area contributed by atoms with Crippen molar-refractivity contribution in [2.24, 2.45) is 5.73 Å². The summed E-state index contributed by atoms with van der Waals surface area (Å²) in [6.45, 7) is 7.52. The van der Waals surface area contributed by atoms with Crippen molar-refractivity contribution in [3.63, 3.8) is 0 Å². The number of carbonyl (C=O) groups excluding carboxylic acids is 2. The molecule has 4 aromatic rings. The number of amides is 2. The molecule has 1 aliphatic rings. The number of aromatic nitrogens is 1. The molecule has 5 rings (SSSR count). The van der Waals surface area contributed by atoms with E-state index in [1.165, 1.54) is 0 Å². The summed E-state index contributed by atoms with van der Waals surface area (Å²) in [7, 11) is 0. The molecule has 3 aromatic carbocycles. The van der Waals surface area contributed by atoms with Crippen LogP contribution >= 0.6 is 23.2 Å². The molecule has 0 saturated carbocycles. The predicted molar refractivity (Wildman–Crippen MR) is 156 cm³/mol. The molecule has 10 heteroatoms. The summed E-state index contributed by atoms with van der Waals surface area (Å²) in [5.74, 6) is -0.477. The van der Waals surface area contributed by atoms with Gasteiger partial charge in [0, 0.05) is 49.0 Å². The number of aliphatic hydroxyl groups is 1. The molecule has 1 aliphatic heterocycles. The molecule has 2 amide bonds. The Morgan fingerprint density at radius 2 is 1.77 bits per heavy atom. The van der Waals surface area contributed by atoms with E-state index in [4.69, 9.17) is 38.8 Å². The van der Waals surface area contributed by atoms with Crippen LogP contribution in [-0.2, 0) is 9.53 Å². The average molecular weight is 572 g/mol. The lowest BCUT2D eigenvalue weighted by atomic mass is 9.98. The van der Waals surface area contributed by atoms with E-state index in [2.05, 4.69) is 16.0 Å². The molecule has 0 spiro atoms. The molecule has 206 valence electrons. The second-order valence-electron chi connectivity index (χ2n) is 9.43. The van der Waals surface area contributed by atoms with E-state index in [9.17, 15) is 9.59 Å². The average Bonchev–Trinajstić information content (AvgIpc) is 3.30. The third-order valence-electron chi connectivity index (χ3n) is 6.73. The minimum Gasteiger partial charge on any atom is -0.394 e.